The van der Waals surface area contributed by atoms with Gasteiger partial charge in [0.05, 0.1) is 23.5 Å². The largest absolute Gasteiger partial charge is 0.497 e. The monoisotopic (exact) mass is 306 g/mol. The quantitative estimate of drug-likeness (QED) is 0.937. The van der Waals surface area contributed by atoms with E-state index < -0.39 is 9.84 Å². The van der Waals surface area contributed by atoms with Crippen LogP contribution in [0.2, 0.25) is 0 Å². The molecule has 2 aromatic rings. The average molecular weight is 306 g/mol. The third-order valence-corrected chi connectivity index (χ3v) is 5.06. The predicted octanol–water partition coefficient (Wildman–Crippen LogP) is 2.26. The highest BCUT2D eigenvalue weighted by Crippen LogP contribution is 2.23. The van der Waals surface area contributed by atoms with E-state index in [2.05, 4.69) is 4.98 Å². The fraction of sp³-hybridized carbons (Fsp3) is 0.267. The van der Waals surface area contributed by atoms with Gasteiger partial charge in [-0.2, -0.15) is 0 Å². The number of hydrogen-bond donors (Lipinski definition) is 1. The van der Waals surface area contributed by atoms with Crippen LogP contribution in [0.5, 0.6) is 5.75 Å². The van der Waals surface area contributed by atoms with E-state index in [1.165, 1.54) is 19.2 Å². The summed E-state index contributed by atoms with van der Waals surface area (Å²) < 4.78 is 29.9. The molecule has 1 heterocycles. The van der Waals surface area contributed by atoms with E-state index in [0.29, 0.717) is 22.7 Å². The van der Waals surface area contributed by atoms with Crippen LogP contribution in [0, 0.1) is 13.8 Å². The van der Waals surface area contributed by atoms with Crippen molar-refractivity contribution in [3.8, 4) is 5.75 Å². The van der Waals surface area contributed by atoms with Gasteiger partial charge in [0.2, 0.25) is 0 Å². The second-order valence-corrected chi connectivity index (χ2v) is 6.85. The number of hydrogen-bond acceptors (Lipinski definition) is 5. The number of benzene rings is 1. The highest BCUT2D eigenvalue weighted by Gasteiger charge is 2.18. The molecular weight excluding hydrogens is 288 g/mol. The lowest BCUT2D eigenvalue weighted by Gasteiger charge is -2.11. The Bertz CT molecular complexity index is 753. The maximum atomic E-state index is 12.4. The minimum atomic E-state index is -3.46. The number of nitrogens with zero attached hydrogens (tertiary/aromatic N) is 1. The first-order valence-corrected chi connectivity index (χ1v) is 8.07. The maximum Gasteiger partial charge on any atom is 0.184 e. The predicted molar refractivity (Wildman–Crippen MR) is 82.0 cm³/mol. The van der Waals surface area contributed by atoms with Crippen molar-refractivity contribution in [2.75, 3.05) is 12.8 Å². The highest BCUT2D eigenvalue weighted by molar-refractivity contribution is 7.90. The Kier molecular flexibility index (Phi) is 4.18. The first-order chi connectivity index (χ1) is 9.85. The van der Waals surface area contributed by atoms with Gasteiger partial charge < -0.3 is 10.5 Å². The van der Waals surface area contributed by atoms with Gasteiger partial charge in [-0.25, -0.2) is 8.42 Å². The first kappa shape index (κ1) is 15.3. The zero-order chi connectivity index (χ0) is 15.6. The van der Waals surface area contributed by atoms with E-state index in [9.17, 15) is 8.42 Å². The fourth-order valence-electron chi connectivity index (χ4n) is 1.98. The summed E-state index contributed by atoms with van der Waals surface area (Å²) in [5.41, 5.74) is 8.56. The van der Waals surface area contributed by atoms with Crippen LogP contribution in [0.15, 0.2) is 35.4 Å². The van der Waals surface area contributed by atoms with Gasteiger partial charge in [0.1, 0.15) is 5.75 Å². The van der Waals surface area contributed by atoms with Gasteiger partial charge in [0.15, 0.2) is 9.84 Å². The summed E-state index contributed by atoms with van der Waals surface area (Å²) in [6, 6.07) is 6.30. The normalized spacial score (nSPS) is 11.4. The Morgan fingerprint density at radius 2 is 1.81 bits per heavy atom. The molecule has 112 valence electrons. The Balaban J connectivity index is 2.35. The molecule has 0 saturated heterocycles. The minimum absolute atomic E-state index is 0.171. The summed E-state index contributed by atoms with van der Waals surface area (Å²) in [5.74, 6) is 0.443. The lowest BCUT2D eigenvalue weighted by molar-refractivity contribution is 0.414. The van der Waals surface area contributed by atoms with Crippen molar-refractivity contribution in [3.63, 3.8) is 0 Å². The van der Waals surface area contributed by atoms with Crippen molar-refractivity contribution in [1.82, 2.24) is 4.98 Å². The second-order valence-electron chi connectivity index (χ2n) is 4.86. The Labute approximate surface area is 124 Å². The van der Waals surface area contributed by atoms with Crippen molar-refractivity contribution in [2.45, 2.75) is 24.5 Å². The number of nitrogens with two attached hydrogens (primary N) is 1. The number of sulfone groups is 1. The molecule has 0 aliphatic carbocycles. The van der Waals surface area contributed by atoms with Crippen molar-refractivity contribution in [1.29, 1.82) is 0 Å². The van der Waals surface area contributed by atoms with Gasteiger partial charge >= 0.3 is 0 Å². The Morgan fingerprint density at radius 1 is 1.19 bits per heavy atom. The van der Waals surface area contributed by atoms with Gasteiger partial charge in [-0.15, -0.1) is 0 Å². The molecule has 0 bridgehead atoms. The lowest BCUT2D eigenvalue weighted by Crippen LogP contribution is -2.09. The van der Waals surface area contributed by atoms with Crippen LogP contribution in [0.25, 0.3) is 0 Å². The molecule has 0 amide bonds. The second kappa shape index (κ2) is 5.73. The number of aromatic nitrogens is 1. The van der Waals surface area contributed by atoms with E-state index in [-0.39, 0.29) is 10.6 Å². The Hall–Kier alpha value is -2.08. The fourth-order valence-corrected chi connectivity index (χ4v) is 3.35. The molecule has 1 aromatic heterocycles. The smallest absolute Gasteiger partial charge is 0.184 e. The minimum Gasteiger partial charge on any atom is -0.497 e. The molecule has 2 N–H and O–H groups in total. The van der Waals surface area contributed by atoms with Crippen LogP contribution in [-0.2, 0) is 15.6 Å². The van der Waals surface area contributed by atoms with Gasteiger partial charge in [-0.3, -0.25) is 4.98 Å². The molecule has 0 radical (unpaired) electrons. The van der Waals surface area contributed by atoms with Crippen molar-refractivity contribution in [2.24, 2.45) is 0 Å². The molecule has 5 nitrogen and oxygen atoms in total. The van der Waals surface area contributed by atoms with E-state index in [0.717, 1.165) is 5.56 Å². The van der Waals surface area contributed by atoms with E-state index in [1.807, 2.05) is 6.92 Å². The molecule has 0 atom stereocenters. The summed E-state index contributed by atoms with van der Waals surface area (Å²) in [5, 5.41) is 0. The first-order valence-electron chi connectivity index (χ1n) is 6.42. The summed E-state index contributed by atoms with van der Waals surface area (Å²) in [4.78, 5) is 4.44. The number of methoxy groups -OCH3 is 1. The molecule has 0 fully saturated rings. The summed E-state index contributed by atoms with van der Waals surface area (Å²) in [6.45, 7) is 3.63. The number of anilines is 1. The van der Waals surface area contributed by atoms with E-state index in [1.54, 1.807) is 25.3 Å². The van der Waals surface area contributed by atoms with Crippen molar-refractivity contribution >= 4 is 15.5 Å². The third kappa shape index (κ3) is 3.16. The molecule has 0 aliphatic rings. The van der Waals surface area contributed by atoms with Gasteiger partial charge in [-0.05, 0) is 49.2 Å². The SMILES string of the molecule is COc1ccc(S(=O)(=O)Cc2ncc(C)c(N)c2C)cc1. The number of ether oxygens (including phenoxy) is 1. The molecule has 0 saturated carbocycles. The molecule has 0 spiro atoms. The molecule has 2 rings (SSSR count). The number of pyridine rings is 1. The highest BCUT2D eigenvalue weighted by atomic mass is 32.2. The van der Waals surface area contributed by atoms with Crippen LogP contribution < -0.4 is 10.5 Å². The molecule has 21 heavy (non-hydrogen) atoms. The van der Waals surface area contributed by atoms with Gasteiger partial charge in [-0.1, -0.05) is 0 Å². The summed E-state index contributed by atoms with van der Waals surface area (Å²) in [7, 11) is -1.93. The molecule has 0 aliphatic heterocycles. The maximum absolute atomic E-state index is 12.4. The number of nitrogen functional groups attached to an aromatic ring is 1. The molecule has 6 heteroatoms. The van der Waals surface area contributed by atoms with Gasteiger partial charge in [0, 0.05) is 11.9 Å². The summed E-state index contributed by atoms with van der Waals surface area (Å²) >= 11 is 0. The zero-order valence-electron chi connectivity index (χ0n) is 12.3. The van der Waals surface area contributed by atoms with Crippen LogP contribution in [0.4, 0.5) is 5.69 Å². The van der Waals surface area contributed by atoms with Crippen LogP contribution in [-0.4, -0.2) is 20.5 Å². The lowest BCUT2D eigenvalue weighted by atomic mass is 10.1. The topological polar surface area (TPSA) is 82.3 Å². The number of aryl methyl sites for hydroxylation is 1. The van der Waals surface area contributed by atoms with Crippen molar-refractivity contribution in [3.05, 3.63) is 47.3 Å². The average Bonchev–Trinajstić information content (AvgIpc) is 2.48. The summed E-state index contributed by atoms with van der Waals surface area (Å²) in [6.07, 6.45) is 1.60. The van der Waals surface area contributed by atoms with Gasteiger partial charge in [0.25, 0.3) is 0 Å². The van der Waals surface area contributed by atoms with E-state index in [4.69, 9.17) is 10.5 Å². The standard InChI is InChI=1S/C15H18N2O3S/c1-10-8-17-14(11(2)15(10)16)9-21(18,19)13-6-4-12(20-3)5-7-13/h4-8H,9H2,1-3H3,(H2,16,17). The molecule has 0 unspecified atom stereocenters. The van der Waals surface area contributed by atoms with Crippen LogP contribution >= 0.6 is 0 Å². The molecule has 1 aromatic carbocycles. The molecular formula is C15H18N2O3S. The van der Waals surface area contributed by atoms with Crippen LogP contribution in [0.1, 0.15) is 16.8 Å². The van der Waals surface area contributed by atoms with Crippen LogP contribution in [0.3, 0.4) is 0 Å². The van der Waals surface area contributed by atoms with E-state index >= 15 is 0 Å². The van der Waals surface area contributed by atoms with Crippen molar-refractivity contribution < 1.29 is 13.2 Å². The third-order valence-electron chi connectivity index (χ3n) is 3.42. The zero-order valence-corrected chi connectivity index (χ0v) is 13.1. The number of rotatable bonds is 4. The Morgan fingerprint density at radius 3 is 2.38 bits per heavy atom.